The second-order valence-electron chi connectivity index (χ2n) is 10.9. The smallest absolute Gasteiger partial charge is 0.232 e. The first-order valence-corrected chi connectivity index (χ1v) is 15.8. The van der Waals surface area contributed by atoms with Gasteiger partial charge in [0.2, 0.25) is 10.0 Å². The highest BCUT2D eigenvalue weighted by atomic mass is 32.2. The number of Topliss-reactive ketones (excluding diaryl/α,β-unsaturated/α-hetero) is 1. The molecule has 1 aliphatic heterocycles. The number of furan rings is 1. The number of hydrogen-bond donors (Lipinski definition) is 0. The third kappa shape index (κ3) is 4.34. The van der Waals surface area contributed by atoms with Crippen LogP contribution in [-0.2, 0) is 16.8 Å². The number of aromatic nitrogens is 3. The maximum atomic E-state index is 14.7. The molecule has 0 saturated carbocycles. The molecule has 0 N–H and O–H groups in total. The van der Waals surface area contributed by atoms with E-state index in [0.717, 1.165) is 21.7 Å². The number of carbonyl (C=O) groups is 1. The minimum atomic E-state index is -3.73. The van der Waals surface area contributed by atoms with Gasteiger partial charge < -0.3 is 13.7 Å². The summed E-state index contributed by atoms with van der Waals surface area (Å²) < 4.78 is 55.4. The van der Waals surface area contributed by atoms with Gasteiger partial charge in [-0.3, -0.25) is 9.10 Å². The lowest BCUT2D eigenvalue weighted by molar-refractivity contribution is 0.0989. The summed E-state index contributed by atoms with van der Waals surface area (Å²) in [5.41, 5.74) is 4.91. The normalized spacial score (nSPS) is 12.7. The fraction of sp³-hybridized carbons (Fsp3) is 0.182. The molecule has 222 valence electrons. The molecule has 0 unspecified atom stereocenters. The number of rotatable bonds is 6. The lowest BCUT2D eigenvalue weighted by Gasteiger charge is -2.22. The highest BCUT2D eigenvalue weighted by molar-refractivity contribution is 7.92. The Morgan fingerprint density at radius 3 is 2.59 bits per heavy atom. The summed E-state index contributed by atoms with van der Waals surface area (Å²) in [6, 6.07) is 17.5. The summed E-state index contributed by atoms with van der Waals surface area (Å²) in [5, 5.41) is 0.949. The SMILES string of the molecule is CCC(=O)c1c(-c2ccc(C)cc2)oc2cc(N(C)S(C)(=O)=O)c(-c3ncc4c(n3)-c3cc5c(F)cccc5n3CO4)cc12. The predicted molar refractivity (Wildman–Crippen MR) is 167 cm³/mol. The summed E-state index contributed by atoms with van der Waals surface area (Å²) in [5.74, 6) is 0.534. The highest BCUT2D eigenvalue weighted by Crippen LogP contribution is 2.43. The summed E-state index contributed by atoms with van der Waals surface area (Å²) in [6.07, 6.45) is 2.86. The minimum Gasteiger partial charge on any atom is -0.469 e. The number of hydrogen-bond acceptors (Lipinski definition) is 7. The third-order valence-electron chi connectivity index (χ3n) is 8.04. The number of ketones is 1. The molecule has 0 atom stereocenters. The number of aryl methyl sites for hydroxylation is 1. The summed E-state index contributed by atoms with van der Waals surface area (Å²) in [7, 11) is -2.29. The zero-order chi connectivity index (χ0) is 30.9. The summed E-state index contributed by atoms with van der Waals surface area (Å²) in [6.45, 7) is 3.91. The molecule has 6 aromatic rings. The van der Waals surface area contributed by atoms with E-state index in [4.69, 9.17) is 14.1 Å². The largest absolute Gasteiger partial charge is 0.469 e. The van der Waals surface area contributed by atoms with Crippen LogP contribution in [0.4, 0.5) is 10.1 Å². The van der Waals surface area contributed by atoms with Crippen LogP contribution in [0, 0.1) is 12.7 Å². The van der Waals surface area contributed by atoms with Gasteiger partial charge in [-0.2, -0.15) is 0 Å². The van der Waals surface area contributed by atoms with Crippen LogP contribution < -0.4 is 9.04 Å². The van der Waals surface area contributed by atoms with Gasteiger partial charge >= 0.3 is 0 Å². The maximum absolute atomic E-state index is 14.7. The molecule has 3 aromatic heterocycles. The number of fused-ring (bicyclic) bond motifs is 6. The van der Waals surface area contributed by atoms with Gasteiger partial charge in [-0.15, -0.1) is 0 Å². The first-order valence-electron chi connectivity index (χ1n) is 14.0. The van der Waals surface area contributed by atoms with Crippen LogP contribution in [0.1, 0.15) is 29.3 Å². The number of nitrogens with zero attached hydrogens (tertiary/aromatic N) is 4. The van der Waals surface area contributed by atoms with Gasteiger partial charge in [0.25, 0.3) is 0 Å². The van der Waals surface area contributed by atoms with E-state index < -0.39 is 10.0 Å². The predicted octanol–water partition coefficient (Wildman–Crippen LogP) is 6.96. The highest BCUT2D eigenvalue weighted by Gasteiger charge is 2.28. The molecule has 0 fully saturated rings. The molecule has 0 bridgehead atoms. The average molecular weight is 611 g/mol. The van der Waals surface area contributed by atoms with Crippen molar-refractivity contribution in [3.05, 3.63) is 83.8 Å². The van der Waals surface area contributed by atoms with Crippen molar-refractivity contribution in [1.82, 2.24) is 14.5 Å². The zero-order valence-corrected chi connectivity index (χ0v) is 25.2. The molecular formula is C33H27FN4O5S. The second-order valence-corrected chi connectivity index (χ2v) is 12.9. The van der Waals surface area contributed by atoms with Gasteiger partial charge in [0, 0.05) is 41.4 Å². The molecule has 0 spiro atoms. The molecule has 4 heterocycles. The Kier molecular flexibility index (Phi) is 6.33. The Morgan fingerprint density at radius 2 is 1.86 bits per heavy atom. The van der Waals surface area contributed by atoms with Crippen molar-refractivity contribution in [2.75, 3.05) is 17.6 Å². The Labute approximate surface area is 252 Å². The standard InChI is InChI=1S/C33H27FN4O5S/c1-5-27(39)30-22-13-21(25(37(3)44(4,40)41)15-28(22)43-32(30)19-11-9-18(2)10-12-19)33-35-16-29-31(36-33)26-14-20-23(34)7-6-8-24(20)38(26)17-42-29/h6-16H,5,17H2,1-4H3. The number of anilines is 1. The first-order chi connectivity index (χ1) is 21.0. The van der Waals surface area contributed by atoms with Gasteiger partial charge in [0.15, 0.2) is 24.1 Å². The quantitative estimate of drug-likeness (QED) is 0.188. The van der Waals surface area contributed by atoms with Gasteiger partial charge in [0.05, 0.1) is 34.9 Å². The van der Waals surface area contributed by atoms with Crippen LogP contribution in [0.2, 0.25) is 0 Å². The van der Waals surface area contributed by atoms with E-state index in [1.165, 1.54) is 19.3 Å². The monoisotopic (exact) mass is 610 g/mol. The molecule has 0 amide bonds. The van der Waals surface area contributed by atoms with Crippen LogP contribution in [0.15, 0.2) is 71.3 Å². The molecule has 0 aliphatic carbocycles. The van der Waals surface area contributed by atoms with Gasteiger partial charge in [-0.05, 0) is 31.2 Å². The van der Waals surface area contributed by atoms with Crippen molar-refractivity contribution < 1.29 is 26.8 Å². The average Bonchev–Trinajstić information content (AvgIpc) is 3.59. The molecule has 3 aromatic carbocycles. The Balaban J connectivity index is 1.50. The molecule has 0 radical (unpaired) electrons. The summed E-state index contributed by atoms with van der Waals surface area (Å²) in [4.78, 5) is 22.8. The molecule has 7 rings (SSSR count). The first kappa shape index (κ1) is 27.8. The Morgan fingerprint density at radius 1 is 1.09 bits per heavy atom. The zero-order valence-electron chi connectivity index (χ0n) is 24.4. The van der Waals surface area contributed by atoms with E-state index in [9.17, 15) is 17.6 Å². The Bertz CT molecular complexity index is 2250. The number of sulfonamides is 1. The van der Waals surface area contributed by atoms with Crippen molar-refractivity contribution in [2.24, 2.45) is 0 Å². The summed E-state index contributed by atoms with van der Waals surface area (Å²) >= 11 is 0. The molecule has 1 aliphatic rings. The molecular weight excluding hydrogens is 583 g/mol. The fourth-order valence-electron chi connectivity index (χ4n) is 5.62. The van der Waals surface area contributed by atoms with Crippen LogP contribution in [0.3, 0.4) is 0 Å². The molecule has 44 heavy (non-hydrogen) atoms. The van der Waals surface area contributed by atoms with Crippen molar-refractivity contribution >= 4 is 43.4 Å². The van der Waals surface area contributed by atoms with Gasteiger partial charge in [-0.25, -0.2) is 22.8 Å². The van der Waals surface area contributed by atoms with Crippen molar-refractivity contribution in [3.63, 3.8) is 0 Å². The van der Waals surface area contributed by atoms with E-state index >= 15 is 0 Å². The third-order valence-corrected chi connectivity index (χ3v) is 9.23. The second kappa shape index (κ2) is 10.0. The van der Waals surface area contributed by atoms with E-state index in [0.29, 0.717) is 55.9 Å². The minimum absolute atomic E-state index is 0.124. The molecule has 9 nitrogen and oxygen atoms in total. The van der Waals surface area contributed by atoms with E-state index in [2.05, 4.69) is 4.98 Å². The topological polar surface area (TPSA) is 108 Å². The lowest BCUT2D eigenvalue weighted by atomic mass is 9.98. The van der Waals surface area contributed by atoms with Crippen molar-refractivity contribution in [3.8, 4) is 39.8 Å². The number of carbonyl (C=O) groups excluding carboxylic acids is 1. The van der Waals surface area contributed by atoms with Crippen molar-refractivity contribution in [1.29, 1.82) is 0 Å². The van der Waals surface area contributed by atoms with E-state index in [1.807, 2.05) is 41.8 Å². The molecule has 0 saturated heterocycles. The van der Waals surface area contributed by atoms with Crippen molar-refractivity contribution in [2.45, 2.75) is 27.0 Å². The van der Waals surface area contributed by atoms with E-state index in [1.54, 1.807) is 31.2 Å². The maximum Gasteiger partial charge on any atom is 0.232 e. The van der Waals surface area contributed by atoms with Crippen LogP contribution in [-0.4, -0.2) is 42.0 Å². The fourth-order valence-corrected chi connectivity index (χ4v) is 6.13. The number of ether oxygens (including phenoxy) is 1. The van der Waals surface area contributed by atoms with Crippen LogP contribution >= 0.6 is 0 Å². The van der Waals surface area contributed by atoms with Gasteiger partial charge in [-0.1, -0.05) is 42.8 Å². The number of halogens is 1. The van der Waals surface area contributed by atoms with Crippen LogP contribution in [0.5, 0.6) is 5.75 Å². The lowest BCUT2D eigenvalue weighted by Crippen LogP contribution is -2.25. The Hall–Kier alpha value is -5.03. The number of benzene rings is 3. The molecule has 11 heteroatoms. The van der Waals surface area contributed by atoms with Crippen LogP contribution in [0.25, 0.3) is 56.0 Å². The van der Waals surface area contributed by atoms with E-state index in [-0.39, 0.29) is 36.3 Å². The van der Waals surface area contributed by atoms with Gasteiger partial charge in [0.1, 0.15) is 22.9 Å².